The molecule has 0 bridgehead atoms. The van der Waals surface area contributed by atoms with Crippen molar-refractivity contribution in [3.63, 3.8) is 0 Å². The Labute approximate surface area is 200 Å². The van der Waals surface area contributed by atoms with E-state index in [1.54, 1.807) is 17.8 Å². The van der Waals surface area contributed by atoms with Crippen LogP contribution in [0, 0.1) is 18.6 Å². The van der Waals surface area contributed by atoms with Crippen LogP contribution in [0.3, 0.4) is 0 Å². The van der Waals surface area contributed by atoms with E-state index in [0.717, 1.165) is 53.7 Å². The minimum Gasteiger partial charge on any atom is -0.396 e. The number of likely N-dealkylation sites (tertiary alicyclic amines) is 1. The van der Waals surface area contributed by atoms with E-state index in [9.17, 15) is 8.78 Å². The van der Waals surface area contributed by atoms with Gasteiger partial charge in [0.05, 0.1) is 34.7 Å². The fraction of sp³-hybridized carbons (Fsp3) is 0.333. The van der Waals surface area contributed by atoms with Crippen LogP contribution in [0.15, 0.2) is 46.6 Å². The number of anilines is 2. The molecule has 0 spiro atoms. The maximum atomic E-state index is 14.8. The molecule has 10 heteroatoms. The summed E-state index contributed by atoms with van der Waals surface area (Å²) in [6.45, 7) is 4.18. The van der Waals surface area contributed by atoms with Gasteiger partial charge in [-0.3, -0.25) is 4.68 Å². The summed E-state index contributed by atoms with van der Waals surface area (Å²) in [6, 6.07) is 4.51. The van der Waals surface area contributed by atoms with Crippen LogP contribution in [-0.4, -0.2) is 51.5 Å². The van der Waals surface area contributed by atoms with E-state index in [2.05, 4.69) is 34.0 Å². The molecule has 4 heterocycles. The fourth-order valence-electron chi connectivity index (χ4n) is 4.61. The van der Waals surface area contributed by atoms with Crippen LogP contribution in [0.5, 0.6) is 0 Å². The van der Waals surface area contributed by atoms with E-state index in [-0.39, 0.29) is 0 Å². The summed E-state index contributed by atoms with van der Waals surface area (Å²) in [6.07, 6.45) is 7.50. The molecule has 1 fully saturated rings. The number of nitrogens with two attached hydrogens (primary N) is 1. The number of hydrogen-bond acceptors (Lipinski definition) is 6. The zero-order valence-electron chi connectivity index (χ0n) is 19.3. The van der Waals surface area contributed by atoms with Crippen molar-refractivity contribution in [2.45, 2.75) is 35.6 Å². The molecule has 3 N–H and O–H groups in total. The van der Waals surface area contributed by atoms with Crippen molar-refractivity contribution in [2.24, 2.45) is 0 Å². The summed E-state index contributed by atoms with van der Waals surface area (Å²) >= 11 is 1.19. The number of nitrogen functional groups attached to an aromatic ring is 1. The number of benzene rings is 1. The molecule has 4 aromatic rings. The summed E-state index contributed by atoms with van der Waals surface area (Å²) in [4.78, 5) is 3.35. The van der Waals surface area contributed by atoms with Crippen molar-refractivity contribution >= 4 is 28.7 Å². The fourth-order valence-corrected chi connectivity index (χ4v) is 5.75. The Balaban J connectivity index is 1.58. The Kier molecular flexibility index (Phi) is 5.95. The van der Waals surface area contributed by atoms with Crippen LogP contribution in [0.4, 0.5) is 20.2 Å². The van der Waals surface area contributed by atoms with Crippen molar-refractivity contribution in [3.05, 3.63) is 54.1 Å². The molecule has 0 saturated carbocycles. The van der Waals surface area contributed by atoms with E-state index in [4.69, 9.17) is 10.8 Å². The zero-order chi connectivity index (χ0) is 24.0. The summed E-state index contributed by atoms with van der Waals surface area (Å²) in [7, 11) is 3.78. The minimum atomic E-state index is -0.637. The Morgan fingerprint density at radius 2 is 1.88 bits per heavy atom. The lowest BCUT2D eigenvalue weighted by atomic mass is 10.0. The summed E-state index contributed by atoms with van der Waals surface area (Å²) < 4.78 is 32.4. The van der Waals surface area contributed by atoms with E-state index >= 15 is 0 Å². The smallest absolute Gasteiger partial charge is 0.142 e. The van der Waals surface area contributed by atoms with Crippen LogP contribution in [-0.2, 0) is 0 Å². The first-order chi connectivity index (χ1) is 16.4. The molecular weight excluding hydrogens is 456 g/mol. The maximum Gasteiger partial charge on any atom is 0.142 e. The number of aromatic nitrogens is 4. The van der Waals surface area contributed by atoms with E-state index < -0.39 is 11.6 Å². The standard InChI is InChI=1S/C24H27F2N7S/c1-14-18(11-30-33(14)17-4-6-31(3)7-5-17)15-8-22(23-20(27)12-29-32(23)13-15)34-24-19(26)9-16(25)10-21(24)28-2/h8-13,17,28H,4-7,27H2,1-3H3. The van der Waals surface area contributed by atoms with Crippen LogP contribution in [0.2, 0.25) is 0 Å². The first-order valence-corrected chi connectivity index (χ1v) is 12.0. The zero-order valence-corrected chi connectivity index (χ0v) is 20.2. The first kappa shape index (κ1) is 22.7. The molecule has 0 unspecified atom stereocenters. The lowest BCUT2D eigenvalue weighted by Gasteiger charge is -2.29. The van der Waals surface area contributed by atoms with Gasteiger partial charge in [0.1, 0.15) is 17.2 Å². The van der Waals surface area contributed by atoms with Gasteiger partial charge in [-0.2, -0.15) is 10.2 Å². The number of nitrogens with one attached hydrogen (secondary N) is 1. The highest BCUT2D eigenvalue weighted by molar-refractivity contribution is 7.99. The maximum absolute atomic E-state index is 14.8. The van der Waals surface area contributed by atoms with Crippen molar-refractivity contribution in [2.75, 3.05) is 38.2 Å². The highest BCUT2D eigenvalue weighted by atomic mass is 32.2. The summed E-state index contributed by atoms with van der Waals surface area (Å²) in [5, 5.41) is 12.0. The molecule has 34 heavy (non-hydrogen) atoms. The van der Waals surface area contributed by atoms with Crippen molar-refractivity contribution in [3.8, 4) is 11.1 Å². The van der Waals surface area contributed by atoms with E-state index in [1.165, 1.54) is 17.8 Å². The lowest BCUT2D eigenvalue weighted by molar-refractivity contribution is 0.210. The van der Waals surface area contributed by atoms with Gasteiger partial charge in [0.25, 0.3) is 0 Å². The van der Waals surface area contributed by atoms with Crippen molar-refractivity contribution < 1.29 is 8.78 Å². The average Bonchev–Trinajstić information content (AvgIpc) is 3.38. The molecule has 0 radical (unpaired) electrons. The van der Waals surface area contributed by atoms with Gasteiger partial charge in [0.2, 0.25) is 0 Å². The quantitative estimate of drug-likeness (QED) is 0.424. The van der Waals surface area contributed by atoms with E-state index in [0.29, 0.717) is 27.8 Å². The molecule has 1 aliphatic rings. The second kappa shape index (κ2) is 8.92. The van der Waals surface area contributed by atoms with Crippen LogP contribution in [0.25, 0.3) is 16.6 Å². The average molecular weight is 484 g/mol. The molecule has 1 aliphatic heterocycles. The number of pyridine rings is 1. The SMILES string of the molecule is CNc1cc(F)cc(F)c1Sc1cc(-c2cnn(C3CCN(C)CC3)c2C)cn2ncc(N)c12. The number of halogens is 2. The third-order valence-electron chi connectivity index (χ3n) is 6.48. The Morgan fingerprint density at radius 3 is 2.62 bits per heavy atom. The highest BCUT2D eigenvalue weighted by Crippen LogP contribution is 2.41. The van der Waals surface area contributed by atoms with Gasteiger partial charge >= 0.3 is 0 Å². The minimum absolute atomic E-state index is 0.294. The summed E-state index contributed by atoms with van der Waals surface area (Å²) in [5.74, 6) is -1.27. The van der Waals surface area contributed by atoms with Crippen LogP contribution in [0.1, 0.15) is 24.6 Å². The first-order valence-electron chi connectivity index (χ1n) is 11.2. The summed E-state index contributed by atoms with van der Waals surface area (Å²) in [5.41, 5.74) is 10.7. The van der Waals surface area contributed by atoms with Gasteiger partial charge in [0.15, 0.2) is 0 Å². The molecule has 3 aromatic heterocycles. The third-order valence-corrected chi connectivity index (χ3v) is 7.63. The Morgan fingerprint density at radius 1 is 1.12 bits per heavy atom. The molecule has 1 aromatic carbocycles. The lowest BCUT2D eigenvalue weighted by Crippen LogP contribution is -2.32. The number of fused-ring (bicyclic) bond motifs is 1. The topological polar surface area (TPSA) is 76.4 Å². The molecule has 178 valence electrons. The molecule has 0 atom stereocenters. The van der Waals surface area contributed by atoms with Gasteiger partial charge in [0, 0.05) is 41.0 Å². The van der Waals surface area contributed by atoms with Gasteiger partial charge < -0.3 is 16.0 Å². The molecule has 7 nitrogen and oxygen atoms in total. The third kappa shape index (κ3) is 4.01. The second-order valence-electron chi connectivity index (χ2n) is 8.73. The van der Waals surface area contributed by atoms with E-state index in [1.807, 2.05) is 18.5 Å². The van der Waals surface area contributed by atoms with Crippen molar-refractivity contribution in [1.82, 2.24) is 24.3 Å². The predicted octanol–water partition coefficient (Wildman–Crippen LogP) is 4.83. The highest BCUT2D eigenvalue weighted by Gasteiger charge is 2.23. The van der Waals surface area contributed by atoms with Gasteiger partial charge in [-0.05, 0) is 52.0 Å². The number of hydrogen-bond donors (Lipinski definition) is 2. The predicted molar refractivity (Wildman–Crippen MR) is 131 cm³/mol. The monoisotopic (exact) mass is 483 g/mol. The van der Waals surface area contributed by atoms with Gasteiger partial charge in [-0.1, -0.05) is 11.8 Å². The largest absolute Gasteiger partial charge is 0.396 e. The molecule has 0 amide bonds. The molecule has 5 rings (SSSR count). The number of nitrogens with zero attached hydrogens (tertiary/aromatic N) is 5. The Bertz CT molecular complexity index is 1360. The number of rotatable bonds is 5. The second-order valence-corrected chi connectivity index (χ2v) is 9.78. The van der Waals surface area contributed by atoms with Crippen LogP contribution < -0.4 is 11.1 Å². The Hall–Kier alpha value is -3.11. The molecule has 1 saturated heterocycles. The normalized spacial score (nSPS) is 15.3. The van der Waals surface area contributed by atoms with Gasteiger partial charge in [-0.25, -0.2) is 13.3 Å². The van der Waals surface area contributed by atoms with Crippen molar-refractivity contribution in [1.29, 1.82) is 0 Å². The molecular formula is C24H27F2N7S. The van der Waals surface area contributed by atoms with Crippen LogP contribution >= 0.6 is 11.8 Å². The molecule has 0 aliphatic carbocycles. The number of piperidine rings is 1. The van der Waals surface area contributed by atoms with Gasteiger partial charge in [-0.15, -0.1) is 0 Å².